The first-order valence-corrected chi connectivity index (χ1v) is 9.59. The van der Waals surface area contributed by atoms with E-state index in [4.69, 9.17) is 0 Å². The van der Waals surface area contributed by atoms with Gasteiger partial charge in [0.25, 0.3) is 0 Å². The van der Waals surface area contributed by atoms with E-state index in [1.54, 1.807) is 0 Å². The zero-order valence-corrected chi connectivity index (χ0v) is 14.6. The van der Waals surface area contributed by atoms with E-state index in [0.29, 0.717) is 24.4 Å². The van der Waals surface area contributed by atoms with Crippen LogP contribution in [-0.2, 0) is 4.79 Å². The third-order valence-corrected chi connectivity index (χ3v) is 6.16. The van der Waals surface area contributed by atoms with Gasteiger partial charge >= 0.3 is 0 Å². The van der Waals surface area contributed by atoms with Gasteiger partial charge in [0.2, 0.25) is 5.91 Å². The maximum absolute atomic E-state index is 12.7. The van der Waals surface area contributed by atoms with Crippen molar-refractivity contribution < 1.29 is 4.79 Å². The number of carbonyl (C=O) groups is 1. The summed E-state index contributed by atoms with van der Waals surface area (Å²) in [5.41, 5.74) is 1.46. The van der Waals surface area contributed by atoms with E-state index < -0.39 is 0 Å². The number of fused-ring (bicyclic) bond motifs is 1. The van der Waals surface area contributed by atoms with Gasteiger partial charge in [0, 0.05) is 25.7 Å². The molecule has 3 fully saturated rings. The maximum Gasteiger partial charge on any atom is 0.236 e. The first-order chi connectivity index (χ1) is 11.8. The third-order valence-electron chi connectivity index (χ3n) is 6.16. The number of hydrogen-bond donors (Lipinski definition) is 0. The van der Waals surface area contributed by atoms with E-state index in [1.165, 1.54) is 37.8 Å². The van der Waals surface area contributed by atoms with E-state index in [9.17, 15) is 4.79 Å². The second-order valence-corrected chi connectivity index (χ2v) is 7.63. The summed E-state index contributed by atoms with van der Waals surface area (Å²) in [7, 11) is 0. The van der Waals surface area contributed by atoms with Gasteiger partial charge in [-0.1, -0.05) is 30.3 Å². The summed E-state index contributed by atoms with van der Waals surface area (Å²) < 4.78 is 0. The molecule has 0 aliphatic carbocycles. The Balaban J connectivity index is 1.25. The largest absolute Gasteiger partial charge is 0.339 e. The van der Waals surface area contributed by atoms with Crippen LogP contribution in [0.3, 0.4) is 0 Å². The predicted octanol–water partition coefficient (Wildman–Crippen LogP) is 2.17. The zero-order valence-electron chi connectivity index (χ0n) is 14.6. The van der Waals surface area contributed by atoms with E-state index in [-0.39, 0.29) is 0 Å². The first kappa shape index (κ1) is 16.1. The van der Waals surface area contributed by atoms with Crippen LogP contribution < -0.4 is 0 Å². The molecule has 0 bridgehead atoms. The lowest BCUT2D eigenvalue weighted by Crippen LogP contribution is -2.54. The lowest BCUT2D eigenvalue weighted by molar-refractivity contribution is -0.135. The van der Waals surface area contributed by atoms with Crippen LogP contribution in [0.15, 0.2) is 30.3 Å². The summed E-state index contributed by atoms with van der Waals surface area (Å²) in [6, 6.07) is 11.5. The highest BCUT2D eigenvalue weighted by molar-refractivity contribution is 5.78. The molecule has 130 valence electrons. The fourth-order valence-electron chi connectivity index (χ4n) is 4.66. The van der Waals surface area contributed by atoms with Crippen molar-refractivity contribution in [1.29, 1.82) is 0 Å². The summed E-state index contributed by atoms with van der Waals surface area (Å²) in [5.74, 6) is 1.01. The van der Waals surface area contributed by atoms with E-state index in [1.807, 2.05) is 0 Å². The fraction of sp³-hybridized carbons (Fsp3) is 0.650. The van der Waals surface area contributed by atoms with E-state index >= 15 is 0 Å². The van der Waals surface area contributed by atoms with Crippen molar-refractivity contribution in [2.45, 2.75) is 37.6 Å². The van der Waals surface area contributed by atoms with E-state index in [2.05, 4.69) is 45.0 Å². The smallest absolute Gasteiger partial charge is 0.236 e. The van der Waals surface area contributed by atoms with Crippen LogP contribution in [0.25, 0.3) is 0 Å². The highest BCUT2D eigenvalue weighted by Crippen LogP contribution is 2.28. The normalized spacial score (nSPS) is 26.5. The minimum Gasteiger partial charge on any atom is -0.339 e. The summed E-state index contributed by atoms with van der Waals surface area (Å²) in [5, 5.41) is 0. The minimum absolute atomic E-state index is 0.347. The monoisotopic (exact) mass is 327 g/mol. The number of piperazine rings is 1. The molecule has 1 aromatic rings. The molecule has 0 saturated carbocycles. The molecule has 24 heavy (non-hydrogen) atoms. The van der Waals surface area contributed by atoms with Gasteiger partial charge in [0.15, 0.2) is 0 Å². The summed E-state index contributed by atoms with van der Waals surface area (Å²) >= 11 is 0. The van der Waals surface area contributed by atoms with Crippen LogP contribution in [-0.4, -0.2) is 72.5 Å². The first-order valence-electron chi connectivity index (χ1n) is 9.59. The Morgan fingerprint density at radius 1 is 0.958 bits per heavy atom. The van der Waals surface area contributed by atoms with Crippen LogP contribution >= 0.6 is 0 Å². The molecular weight excluding hydrogens is 298 g/mol. The molecule has 3 heterocycles. The molecule has 1 atom stereocenters. The molecule has 0 aromatic heterocycles. The number of piperidine rings is 1. The summed E-state index contributed by atoms with van der Waals surface area (Å²) in [6.07, 6.45) is 4.92. The molecule has 0 spiro atoms. The van der Waals surface area contributed by atoms with Crippen molar-refractivity contribution >= 4 is 5.91 Å². The molecule has 1 amide bonds. The topological polar surface area (TPSA) is 26.8 Å². The SMILES string of the molecule is O=C(CN1CCC(c2ccccc2)CC1)N1CCN2CCCC2C1. The number of amides is 1. The Morgan fingerprint density at radius 3 is 2.54 bits per heavy atom. The van der Waals surface area contributed by atoms with Crippen LogP contribution in [0.4, 0.5) is 0 Å². The highest BCUT2D eigenvalue weighted by Gasteiger charge is 2.33. The minimum atomic E-state index is 0.347. The van der Waals surface area contributed by atoms with Gasteiger partial charge < -0.3 is 4.90 Å². The molecule has 0 N–H and O–H groups in total. The molecule has 3 aliphatic heterocycles. The Hall–Kier alpha value is -1.39. The average Bonchev–Trinajstić information content (AvgIpc) is 3.11. The molecule has 1 unspecified atom stereocenters. The quantitative estimate of drug-likeness (QED) is 0.851. The van der Waals surface area contributed by atoms with Gasteiger partial charge in [0.1, 0.15) is 0 Å². The fourth-order valence-corrected chi connectivity index (χ4v) is 4.66. The molecule has 3 aliphatic rings. The number of likely N-dealkylation sites (tertiary alicyclic amines) is 1. The van der Waals surface area contributed by atoms with Gasteiger partial charge in [0.05, 0.1) is 6.54 Å². The highest BCUT2D eigenvalue weighted by atomic mass is 16.2. The zero-order chi connectivity index (χ0) is 16.4. The number of hydrogen-bond acceptors (Lipinski definition) is 3. The second kappa shape index (κ2) is 7.24. The summed E-state index contributed by atoms with van der Waals surface area (Å²) in [6.45, 7) is 6.92. The Bertz CT molecular complexity index is 553. The van der Waals surface area contributed by atoms with Crippen LogP contribution in [0.1, 0.15) is 37.2 Å². The Kier molecular flexibility index (Phi) is 4.86. The van der Waals surface area contributed by atoms with Gasteiger partial charge in [-0.3, -0.25) is 14.6 Å². The lowest BCUT2D eigenvalue weighted by Gasteiger charge is -2.39. The van der Waals surface area contributed by atoms with Crippen molar-refractivity contribution in [3.63, 3.8) is 0 Å². The Labute approximate surface area is 145 Å². The third kappa shape index (κ3) is 3.50. The van der Waals surface area contributed by atoms with Crippen molar-refractivity contribution in [2.24, 2.45) is 0 Å². The molecule has 4 heteroatoms. The Morgan fingerprint density at radius 2 is 1.75 bits per heavy atom. The van der Waals surface area contributed by atoms with Crippen molar-refractivity contribution in [3.8, 4) is 0 Å². The van der Waals surface area contributed by atoms with E-state index in [0.717, 1.165) is 32.7 Å². The van der Waals surface area contributed by atoms with Crippen molar-refractivity contribution in [3.05, 3.63) is 35.9 Å². The van der Waals surface area contributed by atoms with Gasteiger partial charge in [-0.15, -0.1) is 0 Å². The molecule has 1 aromatic carbocycles. The lowest BCUT2D eigenvalue weighted by atomic mass is 9.89. The summed E-state index contributed by atoms with van der Waals surface area (Å²) in [4.78, 5) is 19.7. The van der Waals surface area contributed by atoms with Crippen LogP contribution in [0.2, 0.25) is 0 Å². The van der Waals surface area contributed by atoms with Gasteiger partial charge in [-0.25, -0.2) is 0 Å². The van der Waals surface area contributed by atoms with Crippen molar-refractivity contribution in [2.75, 3.05) is 45.8 Å². The standard InChI is InChI=1S/C20H29N3O/c24-20(23-14-13-22-10-4-7-19(22)15-23)16-21-11-8-18(9-12-21)17-5-2-1-3-6-17/h1-3,5-6,18-19H,4,7-16H2. The van der Waals surface area contributed by atoms with Crippen LogP contribution in [0, 0.1) is 0 Å². The second-order valence-electron chi connectivity index (χ2n) is 7.63. The van der Waals surface area contributed by atoms with Crippen molar-refractivity contribution in [1.82, 2.24) is 14.7 Å². The predicted molar refractivity (Wildman–Crippen MR) is 96.0 cm³/mol. The number of benzene rings is 1. The van der Waals surface area contributed by atoms with Gasteiger partial charge in [-0.2, -0.15) is 0 Å². The van der Waals surface area contributed by atoms with Crippen LogP contribution in [0.5, 0.6) is 0 Å². The number of rotatable bonds is 3. The van der Waals surface area contributed by atoms with Gasteiger partial charge in [-0.05, 0) is 56.8 Å². The molecule has 4 nitrogen and oxygen atoms in total. The average molecular weight is 327 g/mol. The number of nitrogens with zero attached hydrogens (tertiary/aromatic N) is 3. The molecule has 4 rings (SSSR count). The molecule has 0 radical (unpaired) electrons. The molecule has 3 saturated heterocycles. The molecular formula is C20H29N3O. The maximum atomic E-state index is 12.7. The number of carbonyl (C=O) groups excluding carboxylic acids is 1.